The van der Waals surface area contributed by atoms with Gasteiger partial charge in [-0.05, 0) is 42.2 Å². The third kappa shape index (κ3) is 6.13. The number of aliphatic imine (C=N–C) groups is 1. The van der Waals surface area contributed by atoms with Gasteiger partial charge in [0.1, 0.15) is 0 Å². The van der Waals surface area contributed by atoms with Crippen LogP contribution in [0.5, 0.6) is 0 Å². The van der Waals surface area contributed by atoms with Crippen LogP contribution >= 0.6 is 23.4 Å². The highest BCUT2D eigenvalue weighted by atomic mass is 35.5. The molecule has 0 aromatic heterocycles. The van der Waals surface area contributed by atoms with Gasteiger partial charge in [0.2, 0.25) is 5.91 Å². The van der Waals surface area contributed by atoms with E-state index in [-0.39, 0.29) is 18.2 Å². The minimum Gasteiger partial charge on any atom is -0.379 e. The maximum atomic E-state index is 13.6. The summed E-state index contributed by atoms with van der Waals surface area (Å²) in [5.41, 5.74) is 3.56. The Hall–Kier alpha value is -3.11. The van der Waals surface area contributed by atoms with E-state index in [0.717, 1.165) is 49.3 Å². The standard InChI is InChI=1S/C28H30ClN5O3S/c1-19-25(27(36)32-22-5-3-2-4-6-22)26(20-7-9-21(29)10-8-20)34-23(18-38-28(34)31-19)17-24(35)30-11-12-33-13-15-37-16-14-33/h2-10,18,26H,11-17H2,1H3,(H,30,35)(H,32,36)/t26-/m0/s1. The average Bonchev–Trinajstić information content (AvgIpc) is 3.31. The van der Waals surface area contributed by atoms with E-state index in [9.17, 15) is 9.59 Å². The number of fused-ring (bicyclic) bond motifs is 1. The second-order valence-electron chi connectivity index (χ2n) is 9.25. The van der Waals surface area contributed by atoms with E-state index in [2.05, 4.69) is 15.5 Å². The predicted octanol–water partition coefficient (Wildman–Crippen LogP) is 4.39. The van der Waals surface area contributed by atoms with Crippen LogP contribution in [0.1, 0.15) is 24.9 Å². The van der Waals surface area contributed by atoms with Gasteiger partial charge in [0.05, 0.1) is 36.9 Å². The maximum Gasteiger partial charge on any atom is 0.255 e. The highest BCUT2D eigenvalue weighted by Gasteiger charge is 2.40. The third-order valence-electron chi connectivity index (χ3n) is 6.66. The summed E-state index contributed by atoms with van der Waals surface area (Å²) in [5, 5.41) is 9.36. The van der Waals surface area contributed by atoms with Gasteiger partial charge in [0, 0.05) is 42.6 Å². The topological polar surface area (TPSA) is 86.3 Å². The van der Waals surface area contributed by atoms with E-state index >= 15 is 0 Å². The van der Waals surface area contributed by atoms with E-state index in [1.165, 1.54) is 11.8 Å². The van der Waals surface area contributed by atoms with Crippen molar-refractivity contribution in [2.45, 2.75) is 19.4 Å². The molecule has 3 aliphatic rings. The highest BCUT2D eigenvalue weighted by molar-refractivity contribution is 8.16. The number of rotatable bonds is 8. The number of carbonyl (C=O) groups is 2. The molecule has 0 bridgehead atoms. The Kier molecular flexibility index (Phi) is 8.48. The molecule has 1 fully saturated rings. The number of allylic oxidation sites excluding steroid dienone is 1. The minimum atomic E-state index is -0.453. The van der Waals surface area contributed by atoms with Crippen molar-refractivity contribution >= 4 is 46.0 Å². The number of benzene rings is 2. The number of thioether (sulfide) groups is 1. The fraction of sp³-hybridized carbons (Fsp3) is 0.321. The van der Waals surface area contributed by atoms with Crippen molar-refractivity contribution in [3.05, 3.63) is 87.6 Å². The van der Waals surface area contributed by atoms with E-state index in [1.807, 2.05) is 71.8 Å². The van der Waals surface area contributed by atoms with Crippen molar-refractivity contribution in [2.24, 2.45) is 4.99 Å². The summed E-state index contributed by atoms with van der Waals surface area (Å²) in [6.45, 7) is 6.44. The number of amidine groups is 1. The average molecular weight is 552 g/mol. The Labute approximate surface area is 231 Å². The molecule has 0 unspecified atom stereocenters. The molecule has 3 heterocycles. The lowest BCUT2D eigenvalue weighted by Gasteiger charge is -2.36. The lowest BCUT2D eigenvalue weighted by molar-refractivity contribution is -0.120. The normalized spacial score (nSPS) is 19.5. The molecule has 38 heavy (non-hydrogen) atoms. The molecule has 0 saturated carbocycles. The van der Waals surface area contributed by atoms with Crippen LogP contribution in [0.25, 0.3) is 0 Å². The van der Waals surface area contributed by atoms with Crippen LogP contribution in [0.3, 0.4) is 0 Å². The molecule has 2 aromatic rings. The van der Waals surface area contributed by atoms with E-state index in [4.69, 9.17) is 21.3 Å². The number of morpholine rings is 1. The van der Waals surface area contributed by atoms with Gasteiger partial charge in [-0.25, -0.2) is 4.99 Å². The number of carbonyl (C=O) groups excluding carboxylic acids is 2. The Morgan fingerprint density at radius 3 is 2.58 bits per heavy atom. The summed E-state index contributed by atoms with van der Waals surface area (Å²) in [7, 11) is 0. The Morgan fingerprint density at radius 1 is 1.11 bits per heavy atom. The Morgan fingerprint density at radius 2 is 1.84 bits per heavy atom. The van der Waals surface area contributed by atoms with Crippen LogP contribution in [0.15, 0.2) is 82.0 Å². The lowest BCUT2D eigenvalue weighted by Crippen LogP contribution is -2.42. The molecular formula is C28H30ClN5O3S. The molecule has 8 nitrogen and oxygen atoms in total. The molecule has 1 atom stereocenters. The predicted molar refractivity (Wildman–Crippen MR) is 152 cm³/mol. The summed E-state index contributed by atoms with van der Waals surface area (Å²) in [4.78, 5) is 35.6. The number of hydrogen-bond acceptors (Lipinski definition) is 7. The zero-order valence-corrected chi connectivity index (χ0v) is 22.7. The quantitative estimate of drug-likeness (QED) is 0.506. The van der Waals surface area contributed by atoms with Crippen LogP contribution in [-0.2, 0) is 14.3 Å². The monoisotopic (exact) mass is 551 g/mol. The molecular weight excluding hydrogens is 522 g/mol. The number of halogens is 1. The number of amides is 2. The second-order valence-corrected chi connectivity index (χ2v) is 10.5. The van der Waals surface area contributed by atoms with Gasteiger partial charge in [0.15, 0.2) is 5.17 Å². The first-order valence-corrected chi connectivity index (χ1v) is 13.9. The summed E-state index contributed by atoms with van der Waals surface area (Å²) in [5.74, 6) is -0.301. The fourth-order valence-corrected chi connectivity index (χ4v) is 5.84. The number of anilines is 1. The van der Waals surface area contributed by atoms with Crippen molar-refractivity contribution in [1.29, 1.82) is 0 Å². The summed E-state index contributed by atoms with van der Waals surface area (Å²) < 4.78 is 5.39. The van der Waals surface area contributed by atoms with Crippen molar-refractivity contribution < 1.29 is 14.3 Å². The van der Waals surface area contributed by atoms with Crippen LogP contribution in [0.2, 0.25) is 5.02 Å². The number of para-hydroxylation sites is 1. The van der Waals surface area contributed by atoms with Crippen LogP contribution in [-0.4, -0.2) is 66.2 Å². The van der Waals surface area contributed by atoms with Gasteiger partial charge in [-0.1, -0.05) is 53.7 Å². The molecule has 5 rings (SSSR count). The Balaban J connectivity index is 1.36. The molecule has 2 N–H and O–H groups in total. The minimum absolute atomic E-state index is 0.0669. The van der Waals surface area contributed by atoms with Crippen molar-refractivity contribution in [3.8, 4) is 0 Å². The number of nitrogens with one attached hydrogen (secondary N) is 2. The largest absolute Gasteiger partial charge is 0.379 e. The zero-order chi connectivity index (χ0) is 26.5. The van der Waals surface area contributed by atoms with Crippen molar-refractivity contribution in [2.75, 3.05) is 44.7 Å². The van der Waals surface area contributed by atoms with Crippen LogP contribution in [0, 0.1) is 0 Å². The molecule has 0 spiro atoms. The summed E-state index contributed by atoms with van der Waals surface area (Å²) >= 11 is 7.66. The molecule has 0 aliphatic carbocycles. The van der Waals surface area contributed by atoms with Gasteiger partial charge in [-0.3, -0.25) is 14.5 Å². The van der Waals surface area contributed by atoms with E-state index in [0.29, 0.717) is 28.5 Å². The van der Waals surface area contributed by atoms with Gasteiger partial charge in [0.25, 0.3) is 5.91 Å². The van der Waals surface area contributed by atoms with Gasteiger partial charge in [-0.2, -0.15) is 0 Å². The number of ether oxygens (including phenoxy) is 1. The first-order valence-electron chi connectivity index (χ1n) is 12.6. The first-order chi connectivity index (χ1) is 18.5. The van der Waals surface area contributed by atoms with Gasteiger partial charge >= 0.3 is 0 Å². The van der Waals surface area contributed by atoms with Gasteiger partial charge < -0.3 is 20.3 Å². The van der Waals surface area contributed by atoms with E-state index < -0.39 is 6.04 Å². The molecule has 0 radical (unpaired) electrons. The highest BCUT2D eigenvalue weighted by Crippen LogP contribution is 2.44. The maximum absolute atomic E-state index is 13.6. The first kappa shape index (κ1) is 26.5. The van der Waals surface area contributed by atoms with Crippen molar-refractivity contribution in [3.63, 3.8) is 0 Å². The molecule has 10 heteroatoms. The molecule has 2 amide bonds. The van der Waals surface area contributed by atoms with Crippen LogP contribution < -0.4 is 10.6 Å². The lowest BCUT2D eigenvalue weighted by atomic mass is 9.93. The SMILES string of the molecule is CC1=C(C(=O)Nc2ccccc2)[C@H](c2ccc(Cl)cc2)N2C(CC(=O)NCCN3CCOCC3)=CSC2=N1. The smallest absolute Gasteiger partial charge is 0.255 e. The number of nitrogens with zero attached hydrogens (tertiary/aromatic N) is 3. The molecule has 3 aliphatic heterocycles. The van der Waals surface area contributed by atoms with Crippen LogP contribution in [0.4, 0.5) is 5.69 Å². The summed E-state index contributed by atoms with van der Waals surface area (Å²) in [6, 6.07) is 16.4. The van der Waals surface area contributed by atoms with Gasteiger partial charge in [-0.15, -0.1) is 0 Å². The third-order valence-corrected chi connectivity index (χ3v) is 7.80. The Bertz CT molecular complexity index is 1270. The molecule has 198 valence electrons. The summed E-state index contributed by atoms with van der Waals surface area (Å²) in [6.07, 6.45) is 0.186. The van der Waals surface area contributed by atoms with E-state index in [1.54, 1.807) is 0 Å². The fourth-order valence-electron chi connectivity index (χ4n) is 4.75. The zero-order valence-electron chi connectivity index (χ0n) is 21.2. The number of hydrogen-bond donors (Lipinski definition) is 2. The molecule has 1 saturated heterocycles. The van der Waals surface area contributed by atoms with Crippen molar-refractivity contribution in [1.82, 2.24) is 15.1 Å². The molecule has 2 aromatic carbocycles. The second kappa shape index (κ2) is 12.2.